The molecule has 0 aliphatic carbocycles. The summed E-state index contributed by atoms with van der Waals surface area (Å²) in [5.74, 6) is -0.578. The monoisotopic (exact) mass is 451 g/mol. The third-order valence-corrected chi connectivity index (χ3v) is 5.39. The highest BCUT2D eigenvalue weighted by molar-refractivity contribution is 6.29. The number of carbonyl (C=O) groups excluding carboxylic acids is 2. The minimum atomic E-state index is -0.589. The van der Waals surface area contributed by atoms with Crippen LogP contribution in [-0.4, -0.2) is 30.4 Å². The molecule has 0 fully saturated rings. The lowest BCUT2D eigenvalue weighted by Gasteiger charge is -2.08. The van der Waals surface area contributed by atoms with Gasteiger partial charge in [0.2, 0.25) is 5.28 Å². The average Bonchev–Trinajstić information content (AvgIpc) is 3.13. The van der Waals surface area contributed by atoms with Crippen LogP contribution in [0.1, 0.15) is 20.7 Å². The van der Waals surface area contributed by atoms with Crippen LogP contribution in [0.4, 0.5) is 5.69 Å². The van der Waals surface area contributed by atoms with E-state index in [1.807, 2.05) is 6.07 Å². The number of fused-ring (bicyclic) bond motifs is 1. The molecule has 4 aromatic rings. The van der Waals surface area contributed by atoms with Crippen molar-refractivity contribution >= 4 is 40.1 Å². The predicted octanol–water partition coefficient (Wildman–Crippen LogP) is 2.22. The van der Waals surface area contributed by atoms with Crippen LogP contribution in [0, 0.1) is 0 Å². The van der Waals surface area contributed by atoms with Crippen LogP contribution in [0.5, 0.6) is 0 Å². The van der Waals surface area contributed by atoms with E-state index < -0.39 is 11.2 Å². The largest absolute Gasteiger partial charge is 0.332 e. The minimum Gasteiger partial charge on any atom is -0.322 e. The Morgan fingerprint density at radius 2 is 1.59 bits per heavy atom. The van der Waals surface area contributed by atoms with Crippen LogP contribution in [0.3, 0.4) is 0 Å². The van der Waals surface area contributed by atoms with Crippen molar-refractivity contribution in [3.05, 3.63) is 91.8 Å². The molecule has 4 rings (SSSR count). The lowest BCUT2D eigenvalue weighted by atomic mass is 10.1. The molecule has 32 heavy (non-hydrogen) atoms. The maximum Gasteiger partial charge on any atom is 0.332 e. The molecule has 0 bridgehead atoms. The van der Waals surface area contributed by atoms with Crippen LogP contribution in [0.15, 0.2) is 64.2 Å². The predicted molar refractivity (Wildman–Crippen MR) is 120 cm³/mol. The smallest absolute Gasteiger partial charge is 0.322 e. The summed E-state index contributed by atoms with van der Waals surface area (Å²) in [6, 6.07) is 15.1. The van der Waals surface area contributed by atoms with Crippen molar-refractivity contribution in [2.45, 2.75) is 6.54 Å². The SMILES string of the molecule is Cn1c(=O)c2c(nc(Cl)n2CC(=O)c2ccc(NC(=O)c3ccccc3)cc2)n(C)c1=O. The van der Waals surface area contributed by atoms with E-state index in [2.05, 4.69) is 10.3 Å². The Morgan fingerprint density at radius 3 is 2.25 bits per heavy atom. The number of anilines is 1. The van der Waals surface area contributed by atoms with Crippen molar-refractivity contribution in [2.75, 3.05) is 5.32 Å². The first-order valence-corrected chi connectivity index (χ1v) is 9.97. The second-order valence-electron chi connectivity index (χ2n) is 7.17. The van der Waals surface area contributed by atoms with E-state index >= 15 is 0 Å². The number of hydrogen-bond donors (Lipinski definition) is 1. The van der Waals surface area contributed by atoms with Gasteiger partial charge in [0.1, 0.15) is 0 Å². The first kappa shape index (κ1) is 21.3. The second-order valence-corrected chi connectivity index (χ2v) is 7.50. The highest BCUT2D eigenvalue weighted by Crippen LogP contribution is 2.18. The summed E-state index contributed by atoms with van der Waals surface area (Å²) in [6.45, 7) is -0.238. The molecule has 0 atom stereocenters. The molecule has 0 aliphatic heterocycles. The fourth-order valence-electron chi connectivity index (χ4n) is 3.33. The van der Waals surface area contributed by atoms with Gasteiger partial charge in [0, 0.05) is 30.9 Å². The zero-order valence-electron chi connectivity index (χ0n) is 17.2. The molecular formula is C22H18ClN5O4. The number of ketones is 1. The van der Waals surface area contributed by atoms with Gasteiger partial charge in [0.05, 0.1) is 6.54 Å². The Morgan fingerprint density at radius 1 is 0.938 bits per heavy atom. The van der Waals surface area contributed by atoms with Crippen LogP contribution >= 0.6 is 11.6 Å². The minimum absolute atomic E-state index is 0.0692. The fourth-order valence-corrected chi connectivity index (χ4v) is 3.56. The van der Waals surface area contributed by atoms with E-state index in [1.165, 1.54) is 23.2 Å². The van der Waals surface area contributed by atoms with Crippen molar-refractivity contribution in [1.82, 2.24) is 18.7 Å². The zero-order valence-corrected chi connectivity index (χ0v) is 18.0. The highest BCUT2D eigenvalue weighted by Gasteiger charge is 2.20. The molecule has 1 amide bonds. The van der Waals surface area contributed by atoms with Crippen molar-refractivity contribution in [2.24, 2.45) is 14.1 Å². The van der Waals surface area contributed by atoms with Crippen molar-refractivity contribution in [3.63, 3.8) is 0 Å². The van der Waals surface area contributed by atoms with Gasteiger partial charge < -0.3 is 9.88 Å². The molecule has 2 aromatic heterocycles. The maximum atomic E-state index is 12.8. The molecule has 0 aliphatic rings. The molecule has 0 saturated carbocycles. The van der Waals surface area contributed by atoms with E-state index in [-0.39, 0.29) is 34.7 Å². The van der Waals surface area contributed by atoms with E-state index in [1.54, 1.807) is 48.5 Å². The van der Waals surface area contributed by atoms with E-state index in [9.17, 15) is 19.2 Å². The van der Waals surface area contributed by atoms with E-state index in [0.717, 1.165) is 4.57 Å². The molecule has 2 aromatic carbocycles. The molecule has 10 heteroatoms. The number of rotatable bonds is 5. The Labute approximate surface area is 186 Å². The van der Waals surface area contributed by atoms with Gasteiger partial charge in [-0.15, -0.1) is 0 Å². The van der Waals surface area contributed by atoms with Gasteiger partial charge in [0.25, 0.3) is 11.5 Å². The Kier molecular flexibility index (Phi) is 5.50. The summed E-state index contributed by atoms with van der Waals surface area (Å²) >= 11 is 6.18. The van der Waals surface area contributed by atoms with Gasteiger partial charge in [-0.2, -0.15) is 4.98 Å². The summed E-state index contributed by atoms with van der Waals surface area (Å²) in [5, 5.41) is 2.69. The molecular weight excluding hydrogens is 434 g/mol. The Bertz CT molecular complexity index is 1470. The van der Waals surface area contributed by atoms with E-state index in [4.69, 9.17) is 11.6 Å². The number of benzene rings is 2. The van der Waals surface area contributed by atoms with Gasteiger partial charge in [-0.1, -0.05) is 18.2 Å². The summed E-state index contributed by atoms with van der Waals surface area (Å²) in [4.78, 5) is 53.9. The molecule has 0 saturated heterocycles. The number of nitrogens with zero attached hydrogens (tertiary/aromatic N) is 4. The molecule has 2 heterocycles. The standard InChI is InChI=1S/C22H18ClN5O4/c1-26-18-17(20(31)27(2)22(26)32)28(21(23)25-18)12-16(29)13-8-10-15(11-9-13)24-19(30)14-6-4-3-5-7-14/h3-11H,12H2,1-2H3,(H,24,30). The highest BCUT2D eigenvalue weighted by atomic mass is 35.5. The van der Waals surface area contributed by atoms with Gasteiger partial charge in [-0.3, -0.25) is 23.5 Å². The number of Topliss-reactive ketones (excluding diaryl/α,β-unsaturated/α-hetero) is 1. The number of halogens is 1. The van der Waals surface area contributed by atoms with Crippen LogP contribution in [0.2, 0.25) is 5.28 Å². The normalized spacial score (nSPS) is 11.0. The number of aromatic nitrogens is 4. The number of imidazole rings is 1. The lowest BCUT2D eigenvalue weighted by molar-refractivity contribution is 0.0972. The molecule has 0 spiro atoms. The third-order valence-electron chi connectivity index (χ3n) is 5.10. The Hall–Kier alpha value is -3.98. The fraction of sp³-hybridized carbons (Fsp3) is 0.136. The molecule has 1 N–H and O–H groups in total. The molecule has 162 valence electrons. The first-order valence-electron chi connectivity index (χ1n) is 9.59. The first-order chi connectivity index (χ1) is 15.3. The summed E-state index contributed by atoms with van der Waals surface area (Å²) < 4.78 is 3.42. The third kappa shape index (κ3) is 3.74. The number of nitrogens with one attached hydrogen (secondary N) is 1. The van der Waals surface area contributed by atoms with Gasteiger partial charge in [0.15, 0.2) is 16.9 Å². The summed E-state index contributed by atoms with van der Waals surface area (Å²) in [7, 11) is 2.82. The van der Waals surface area contributed by atoms with Gasteiger partial charge >= 0.3 is 5.69 Å². The summed E-state index contributed by atoms with van der Waals surface area (Å²) in [6.07, 6.45) is 0. The number of carbonyl (C=O) groups is 2. The quantitative estimate of drug-likeness (QED) is 0.370. The number of hydrogen-bond acceptors (Lipinski definition) is 5. The van der Waals surface area contributed by atoms with Gasteiger partial charge in [-0.25, -0.2) is 4.79 Å². The van der Waals surface area contributed by atoms with E-state index in [0.29, 0.717) is 16.8 Å². The molecule has 9 nitrogen and oxygen atoms in total. The van der Waals surface area contributed by atoms with Crippen molar-refractivity contribution < 1.29 is 9.59 Å². The van der Waals surface area contributed by atoms with Crippen molar-refractivity contribution in [1.29, 1.82) is 0 Å². The van der Waals surface area contributed by atoms with Gasteiger partial charge in [-0.05, 0) is 48.0 Å². The second kappa shape index (κ2) is 8.27. The number of amides is 1. The van der Waals surface area contributed by atoms with Crippen LogP contribution in [0.25, 0.3) is 11.2 Å². The average molecular weight is 452 g/mol. The topological polar surface area (TPSA) is 108 Å². The Balaban J connectivity index is 1.58. The lowest BCUT2D eigenvalue weighted by Crippen LogP contribution is -2.37. The molecule has 0 radical (unpaired) electrons. The van der Waals surface area contributed by atoms with Crippen LogP contribution < -0.4 is 16.6 Å². The molecule has 0 unspecified atom stereocenters. The summed E-state index contributed by atoms with van der Waals surface area (Å²) in [5.41, 5.74) is 0.463. The van der Waals surface area contributed by atoms with Crippen LogP contribution in [-0.2, 0) is 20.6 Å². The van der Waals surface area contributed by atoms with Crippen molar-refractivity contribution in [3.8, 4) is 0 Å². The zero-order chi connectivity index (χ0) is 23.0. The maximum absolute atomic E-state index is 12.8. The number of aryl methyl sites for hydroxylation is 1.